The first kappa shape index (κ1) is 20.2. The molecule has 3 nitrogen and oxygen atoms in total. The molecule has 20 heavy (non-hydrogen) atoms. The van der Waals surface area contributed by atoms with E-state index in [0.29, 0.717) is 0 Å². The van der Waals surface area contributed by atoms with Gasteiger partial charge in [0.05, 0.1) is 11.5 Å². The van der Waals surface area contributed by atoms with Crippen molar-refractivity contribution in [3.8, 4) is 0 Å². The first-order chi connectivity index (χ1) is 8.73. The van der Waals surface area contributed by atoms with E-state index in [1.165, 1.54) is 0 Å². The molecule has 0 aliphatic carbocycles. The van der Waals surface area contributed by atoms with Crippen LogP contribution in [0.3, 0.4) is 0 Å². The molecule has 2 unspecified atom stereocenters. The Kier molecular flexibility index (Phi) is 7.00. The molecule has 1 amide bonds. The zero-order valence-electron chi connectivity index (χ0n) is 14.6. The van der Waals surface area contributed by atoms with Crippen LogP contribution in [0.4, 0.5) is 0 Å². The van der Waals surface area contributed by atoms with Crippen LogP contribution in [-0.4, -0.2) is 41.0 Å². The number of nitrogens with zero attached hydrogens (tertiary/aromatic N) is 1. The van der Waals surface area contributed by atoms with Gasteiger partial charge in [-0.2, -0.15) is 0 Å². The van der Waals surface area contributed by atoms with Crippen LogP contribution in [0.25, 0.3) is 0 Å². The fourth-order valence-electron chi connectivity index (χ4n) is 2.69. The Balaban J connectivity index is 4.84. The second-order valence-corrected chi connectivity index (χ2v) is 10.5. The molecule has 0 heterocycles. The summed E-state index contributed by atoms with van der Waals surface area (Å²) < 4.78 is 5.42. The first-order valence-corrected chi connectivity index (χ1v) is 8.28. The molecule has 0 aromatic heterocycles. The van der Waals surface area contributed by atoms with Crippen LogP contribution < -0.4 is 0 Å². The van der Waals surface area contributed by atoms with Crippen molar-refractivity contribution in [1.29, 1.82) is 0 Å². The molecule has 0 aliphatic heterocycles. The van der Waals surface area contributed by atoms with E-state index in [1.807, 2.05) is 32.7 Å². The minimum atomic E-state index is -0.502. The van der Waals surface area contributed by atoms with Gasteiger partial charge in [-0.05, 0) is 39.5 Å². The molecular weight excluding hydrogens is 365 g/mol. The Labute approximate surface area is 139 Å². The number of carbonyl (C=O) groups is 1. The maximum atomic E-state index is 12.7. The Morgan fingerprint density at radius 1 is 1.20 bits per heavy atom. The third kappa shape index (κ3) is 6.29. The summed E-state index contributed by atoms with van der Waals surface area (Å²) in [6.07, 6.45) is 0.971. The lowest BCUT2D eigenvalue weighted by Crippen LogP contribution is -2.49. The van der Waals surface area contributed by atoms with E-state index >= 15 is 0 Å². The van der Waals surface area contributed by atoms with Gasteiger partial charge in [-0.1, -0.05) is 43.4 Å². The van der Waals surface area contributed by atoms with Crippen LogP contribution in [0.1, 0.15) is 54.9 Å². The van der Waals surface area contributed by atoms with E-state index in [2.05, 4.69) is 50.3 Å². The van der Waals surface area contributed by atoms with Gasteiger partial charge in [0.1, 0.15) is 0 Å². The van der Waals surface area contributed by atoms with E-state index in [9.17, 15) is 4.79 Å². The molecule has 0 saturated carbocycles. The van der Waals surface area contributed by atoms with Crippen LogP contribution in [0.5, 0.6) is 0 Å². The molecule has 0 aliphatic rings. The summed E-state index contributed by atoms with van der Waals surface area (Å²) in [5.41, 5.74) is -0.243. The van der Waals surface area contributed by atoms with Gasteiger partial charge in [0.2, 0.25) is 5.91 Å². The van der Waals surface area contributed by atoms with Crippen LogP contribution in [0.2, 0.25) is 0 Å². The molecule has 4 heteroatoms. The van der Waals surface area contributed by atoms with Gasteiger partial charge in [-0.25, -0.2) is 0 Å². The predicted molar refractivity (Wildman–Crippen MR) is 94.4 cm³/mol. The molecule has 120 valence electrons. The van der Waals surface area contributed by atoms with Crippen molar-refractivity contribution in [1.82, 2.24) is 4.90 Å². The van der Waals surface area contributed by atoms with Gasteiger partial charge < -0.3 is 9.64 Å². The SMILES string of the molecule is COC(C)C(C)(C)C(=O)N(C)CC(C)(I)CC(C)(C)C. The number of hydrogen-bond acceptors (Lipinski definition) is 2. The van der Waals surface area contributed by atoms with Gasteiger partial charge in [0.25, 0.3) is 0 Å². The maximum absolute atomic E-state index is 12.7. The summed E-state index contributed by atoms with van der Waals surface area (Å²) in [7, 11) is 3.55. The first-order valence-electron chi connectivity index (χ1n) is 7.20. The Hall–Kier alpha value is 0.160. The van der Waals surface area contributed by atoms with Crippen molar-refractivity contribution >= 4 is 28.5 Å². The topological polar surface area (TPSA) is 29.5 Å². The van der Waals surface area contributed by atoms with Gasteiger partial charge in [-0.3, -0.25) is 4.79 Å². The lowest BCUT2D eigenvalue weighted by Gasteiger charge is -2.38. The lowest BCUT2D eigenvalue weighted by molar-refractivity contribution is -0.146. The molecule has 0 radical (unpaired) electrons. The summed E-state index contributed by atoms with van der Waals surface area (Å²) in [6, 6.07) is 0. The number of carbonyl (C=O) groups excluding carboxylic acids is 1. The molecule has 0 saturated heterocycles. The highest BCUT2D eigenvalue weighted by Crippen LogP contribution is 2.35. The largest absolute Gasteiger partial charge is 0.381 e. The Bertz CT molecular complexity index is 332. The highest BCUT2D eigenvalue weighted by Gasteiger charge is 2.38. The van der Waals surface area contributed by atoms with Crippen LogP contribution in [-0.2, 0) is 9.53 Å². The predicted octanol–water partition coefficient (Wildman–Crippen LogP) is 4.14. The van der Waals surface area contributed by atoms with E-state index in [4.69, 9.17) is 4.74 Å². The standard InChI is InChI=1S/C16H32INO2/c1-12(20-9)15(5,6)13(19)18(8)11-16(7,17)10-14(2,3)4/h12H,10-11H2,1-9H3. The average Bonchev–Trinajstić information content (AvgIpc) is 2.22. The summed E-state index contributed by atoms with van der Waals surface area (Å²) in [5.74, 6) is 0.142. The number of rotatable bonds is 6. The second-order valence-electron chi connectivity index (χ2n) is 7.91. The minimum Gasteiger partial charge on any atom is -0.381 e. The van der Waals surface area contributed by atoms with Crippen molar-refractivity contribution in [3.05, 3.63) is 0 Å². The van der Waals surface area contributed by atoms with Crippen molar-refractivity contribution in [2.45, 2.75) is 64.4 Å². The number of halogens is 1. The lowest BCUT2D eigenvalue weighted by atomic mass is 9.83. The van der Waals surface area contributed by atoms with Crippen LogP contribution >= 0.6 is 22.6 Å². The normalized spacial score (nSPS) is 17.5. The molecule has 0 aromatic rings. The quantitative estimate of drug-likeness (QED) is 0.498. The van der Waals surface area contributed by atoms with Crippen molar-refractivity contribution in [3.63, 3.8) is 0 Å². The molecule has 0 spiro atoms. The van der Waals surface area contributed by atoms with Gasteiger partial charge in [-0.15, -0.1) is 0 Å². The van der Waals surface area contributed by atoms with Crippen molar-refractivity contribution < 1.29 is 9.53 Å². The molecule has 2 atom stereocenters. The van der Waals surface area contributed by atoms with Crippen LogP contribution in [0, 0.1) is 10.8 Å². The van der Waals surface area contributed by atoms with Gasteiger partial charge >= 0.3 is 0 Å². The van der Waals surface area contributed by atoms with Gasteiger partial charge in [0.15, 0.2) is 0 Å². The fraction of sp³-hybridized carbons (Fsp3) is 0.938. The Morgan fingerprint density at radius 2 is 1.65 bits per heavy atom. The summed E-state index contributed by atoms with van der Waals surface area (Å²) in [4.78, 5) is 14.5. The second kappa shape index (κ2) is 6.95. The van der Waals surface area contributed by atoms with E-state index in [0.717, 1.165) is 13.0 Å². The van der Waals surface area contributed by atoms with E-state index in [1.54, 1.807) is 7.11 Å². The highest BCUT2D eigenvalue weighted by atomic mass is 127. The molecule has 0 N–H and O–H groups in total. The van der Waals surface area contributed by atoms with E-state index in [-0.39, 0.29) is 20.8 Å². The average molecular weight is 397 g/mol. The molecular formula is C16H32INO2. The maximum Gasteiger partial charge on any atom is 0.230 e. The number of alkyl halides is 1. The van der Waals surface area contributed by atoms with Crippen LogP contribution in [0.15, 0.2) is 0 Å². The Morgan fingerprint density at radius 3 is 2.00 bits per heavy atom. The molecule has 0 fully saturated rings. The van der Waals surface area contributed by atoms with Crippen molar-refractivity contribution in [2.24, 2.45) is 10.8 Å². The highest BCUT2D eigenvalue weighted by molar-refractivity contribution is 14.1. The van der Waals surface area contributed by atoms with Crippen molar-refractivity contribution in [2.75, 3.05) is 20.7 Å². The smallest absolute Gasteiger partial charge is 0.230 e. The zero-order valence-corrected chi connectivity index (χ0v) is 16.8. The number of hydrogen-bond donors (Lipinski definition) is 0. The summed E-state index contributed by atoms with van der Waals surface area (Å²) >= 11 is 2.48. The number of methoxy groups -OCH3 is 1. The van der Waals surface area contributed by atoms with E-state index < -0.39 is 5.41 Å². The molecule has 0 rings (SSSR count). The third-order valence-corrected chi connectivity index (χ3v) is 4.46. The van der Waals surface area contributed by atoms with Gasteiger partial charge in [0, 0.05) is 24.1 Å². The third-order valence-electron chi connectivity index (χ3n) is 3.73. The fourth-order valence-corrected chi connectivity index (χ4v) is 4.34. The number of amides is 1. The zero-order chi connectivity index (χ0) is 16.4. The molecule has 0 bridgehead atoms. The molecule has 0 aromatic carbocycles. The number of ether oxygens (including phenoxy) is 1. The monoisotopic (exact) mass is 397 g/mol. The minimum absolute atomic E-state index is 0.0762. The summed E-state index contributed by atoms with van der Waals surface area (Å²) in [5, 5.41) is 0. The summed E-state index contributed by atoms with van der Waals surface area (Å²) in [6.45, 7) is 15.5.